The van der Waals surface area contributed by atoms with E-state index < -0.39 is 28.6 Å². The molecule has 2 rings (SSSR count). The summed E-state index contributed by atoms with van der Waals surface area (Å²) in [6.07, 6.45) is 0.0523. The smallest absolute Gasteiger partial charge is 0.159 e. The van der Waals surface area contributed by atoms with Gasteiger partial charge in [-0.3, -0.25) is 0 Å². The van der Waals surface area contributed by atoms with Crippen molar-refractivity contribution in [3.63, 3.8) is 0 Å². The van der Waals surface area contributed by atoms with Gasteiger partial charge in [0, 0.05) is 5.56 Å². The van der Waals surface area contributed by atoms with Crippen LogP contribution in [0.1, 0.15) is 16.5 Å². The summed E-state index contributed by atoms with van der Waals surface area (Å²) in [7, 11) is 0. The van der Waals surface area contributed by atoms with Crippen molar-refractivity contribution in [3.05, 3.63) is 69.2 Å². The summed E-state index contributed by atoms with van der Waals surface area (Å²) in [4.78, 5) is 0. The van der Waals surface area contributed by atoms with E-state index in [0.29, 0.717) is 5.56 Å². The molecule has 106 valence electrons. The molecule has 1 unspecified atom stereocenters. The Morgan fingerprint density at radius 1 is 0.900 bits per heavy atom. The molecule has 0 amide bonds. The van der Waals surface area contributed by atoms with Gasteiger partial charge in [-0.1, -0.05) is 6.07 Å². The van der Waals surface area contributed by atoms with Crippen LogP contribution in [0.5, 0.6) is 0 Å². The third-order valence-electron chi connectivity index (χ3n) is 2.78. The molecule has 0 saturated heterocycles. The van der Waals surface area contributed by atoms with E-state index in [1.807, 2.05) is 0 Å². The van der Waals surface area contributed by atoms with Gasteiger partial charge in [0.2, 0.25) is 0 Å². The molecule has 0 bridgehead atoms. The molecule has 0 aromatic heterocycles. The minimum Gasteiger partial charge on any atom is -0.207 e. The van der Waals surface area contributed by atoms with E-state index in [0.717, 1.165) is 24.3 Å². The molecule has 6 heteroatoms. The van der Waals surface area contributed by atoms with Crippen LogP contribution in [-0.4, -0.2) is 0 Å². The molecule has 1 atom stereocenters. The largest absolute Gasteiger partial charge is 0.207 e. The Bertz CT molecular complexity index is 645. The van der Waals surface area contributed by atoms with Crippen molar-refractivity contribution in [2.24, 2.45) is 0 Å². The maximum atomic E-state index is 13.7. The lowest BCUT2D eigenvalue weighted by molar-refractivity contribution is 0.506. The van der Waals surface area contributed by atoms with Gasteiger partial charge in [-0.25, -0.2) is 17.6 Å². The summed E-state index contributed by atoms with van der Waals surface area (Å²) < 4.78 is 53.0. The van der Waals surface area contributed by atoms with Gasteiger partial charge in [0.05, 0.1) is 9.85 Å². The molecule has 0 aliphatic rings. The SMILES string of the molecule is Fc1ccc(CC(Cl)c2cc(F)c(Br)cc2F)cc1F. The average Bonchev–Trinajstić information content (AvgIpc) is 2.38. The van der Waals surface area contributed by atoms with Crippen LogP contribution in [0.3, 0.4) is 0 Å². The van der Waals surface area contributed by atoms with Crippen LogP contribution in [-0.2, 0) is 6.42 Å². The quantitative estimate of drug-likeness (QED) is 0.380. The minimum atomic E-state index is -1.01. The molecule has 2 aromatic rings. The minimum absolute atomic E-state index is 0.00422. The van der Waals surface area contributed by atoms with Gasteiger partial charge in [0.15, 0.2) is 11.6 Å². The monoisotopic (exact) mass is 366 g/mol. The summed E-state index contributed by atoms with van der Waals surface area (Å²) in [5, 5.41) is -0.887. The van der Waals surface area contributed by atoms with Gasteiger partial charge in [0.1, 0.15) is 11.6 Å². The Labute approximate surface area is 126 Å². The number of rotatable bonds is 3. The molecule has 0 spiro atoms. The van der Waals surface area contributed by atoms with Crippen molar-refractivity contribution in [1.82, 2.24) is 0 Å². The van der Waals surface area contributed by atoms with Crippen LogP contribution in [0, 0.1) is 23.3 Å². The van der Waals surface area contributed by atoms with Crippen LogP contribution in [0.4, 0.5) is 17.6 Å². The standard InChI is InChI=1S/C14H8BrClF4/c15-9-6-12(18)8(5-13(9)19)10(16)3-7-1-2-11(17)14(20)4-7/h1-2,4-6,10H,3H2. The van der Waals surface area contributed by atoms with Crippen molar-refractivity contribution in [2.75, 3.05) is 0 Å². The van der Waals surface area contributed by atoms with Gasteiger partial charge in [0.25, 0.3) is 0 Å². The van der Waals surface area contributed by atoms with E-state index in [2.05, 4.69) is 15.9 Å². The number of alkyl halides is 1. The molecule has 0 aliphatic heterocycles. The fourth-order valence-corrected chi connectivity index (χ4v) is 2.42. The first-order chi connectivity index (χ1) is 9.38. The topological polar surface area (TPSA) is 0 Å². The fraction of sp³-hybridized carbons (Fsp3) is 0.143. The summed E-state index contributed by atoms with van der Waals surface area (Å²) in [6, 6.07) is 5.26. The van der Waals surface area contributed by atoms with Crippen LogP contribution < -0.4 is 0 Å². The van der Waals surface area contributed by atoms with Crippen LogP contribution in [0.15, 0.2) is 34.8 Å². The third kappa shape index (κ3) is 3.33. The predicted octanol–water partition coefficient (Wildman–Crippen LogP) is 5.53. The molecule has 2 aromatic carbocycles. The second kappa shape index (κ2) is 6.14. The fourth-order valence-electron chi connectivity index (χ4n) is 1.76. The summed E-state index contributed by atoms with van der Waals surface area (Å²) in [5.74, 6) is -3.28. The van der Waals surface area contributed by atoms with E-state index in [4.69, 9.17) is 11.6 Å². The van der Waals surface area contributed by atoms with Gasteiger partial charge in [-0.15, -0.1) is 11.6 Å². The molecular weight excluding hydrogens is 360 g/mol. The second-order valence-corrected chi connectivity index (χ2v) is 5.59. The van der Waals surface area contributed by atoms with Crippen molar-refractivity contribution in [1.29, 1.82) is 0 Å². The Balaban J connectivity index is 2.25. The van der Waals surface area contributed by atoms with Crippen LogP contribution in [0.25, 0.3) is 0 Å². The maximum absolute atomic E-state index is 13.7. The molecule has 0 radical (unpaired) electrons. The molecular formula is C14H8BrClF4. The summed E-state index contributed by atoms with van der Waals surface area (Å²) in [6.45, 7) is 0. The number of benzene rings is 2. The molecule has 0 nitrogen and oxygen atoms in total. The second-order valence-electron chi connectivity index (χ2n) is 4.21. The first-order valence-corrected chi connectivity index (χ1v) is 6.84. The maximum Gasteiger partial charge on any atom is 0.159 e. The highest BCUT2D eigenvalue weighted by atomic mass is 79.9. The Kier molecular flexibility index (Phi) is 4.70. The number of hydrogen-bond acceptors (Lipinski definition) is 0. The Morgan fingerprint density at radius 3 is 2.25 bits per heavy atom. The van der Waals surface area contributed by atoms with Crippen molar-refractivity contribution in [2.45, 2.75) is 11.8 Å². The van der Waals surface area contributed by atoms with E-state index in [1.54, 1.807) is 0 Å². The highest BCUT2D eigenvalue weighted by molar-refractivity contribution is 9.10. The first kappa shape index (κ1) is 15.3. The number of halogens is 6. The van der Waals surface area contributed by atoms with Gasteiger partial charge in [-0.2, -0.15) is 0 Å². The lowest BCUT2D eigenvalue weighted by atomic mass is 10.0. The van der Waals surface area contributed by atoms with Crippen molar-refractivity contribution >= 4 is 27.5 Å². The van der Waals surface area contributed by atoms with Crippen molar-refractivity contribution < 1.29 is 17.6 Å². The van der Waals surface area contributed by atoms with E-state index in [-0.39, 0.29) is 16.5 Å². The van der Waals surface area contributed by atoms with E-state index >= 15 is 0 Å². The van der Waals surface area contributed by atoms with Crippen LogP contribution >= 0.6 is 27.5 Å². The molecule has 0 N–H and O–H groups in total. The molecule has 0 aliphatic carbocycles. The third-order valence-corrected chi connectivity index (χ3v) is 3.77. The Morgan fingerprint density at radius 2 is 1.60 bits per heavy atom. The first-order valence-electron chi connectivity index (χ1n) is 5.61. The summed E-state index contributed by atoms with van der Waals surface area (Å²) in [5.41, 5.74) is 0.365. The average molecular weight is 368 g/mol. The van der Waals surface area contributed by atoms with E-state index in [1.165, 1.54) is 6.07 Å². The molecule has 0 fully saturated rings. The summed E-state index contributed by atoms with van der Waals surface area (Å²) >= 11 is 8.89. The van der Waals surface area contributed by atoms with Gasteiger partial charge >= 0.3 is 0 Å². The molecule has 20 heavy (non-hydrogen) atoms. The zero-order chi connectivity index (χ0) is 14.9. The molecule has 0 saturated carbocycles. The lowest BCUT2D eigenvalue weighted by Crippen LogP contribution is -2.01. The zero-order valence-electron chi connectivity index (χ0n) is 9.94. The predicted molar refractivity (Wildman–Crippen MR) is 72.7 cm³/mol. The van der Waals surface area contributed by atoms with Gasteiger partial charge < -0.3 is 0 Å². The Hall–Kier alpha value is -1.07. The zero-order valence-corrected chi connectivity index (χ0v) is 12.3. The normalized spacial score (nSPS) is 12.5. The van der Waals surface area contributed by atoms with Gasteiger partial charge in [-0.05, 0) is 52.2 Å². The van der Waals surface area contributed by atoms with Crippen LogP contribution in [0.2, 0.25) is 0 Å². The van der Waals surface area contributed by atoms with Crippen molar-refractivity contribution in [3.8, 4) is 0 Å². The van der Waals surface area contributed by atoms with E-state index in [9.17, 15) is 17.6 Å². The molecule has 0 heterocycles. The number of hydrogen-bond donors (Lipinski definition) is 0. The highest BCUT2D eigenvalue weighted by Gasteiger charge is 2.17. The highest BCUT2D eigenvalue weighted by Crippen LogP contribution is 2.30. The lowest BCUT2D eigenvalue weighted by Gasteiger charge is -2.12.